The fourth-order valence-electron chi connectivity index (χ4n) is 2.84. The number of aryl methyl sites for hydroxylation is 1. The lowest BCUT2D eigenvalue weighted by Gasteiger charge is -2.34. The van der Waals surface area contributed by atoms with Gasteiger partial charge < -0.3 is 16.0 Å². The summed E-state index contributed by atoms with van der Waals surface area (Å²) in [5, 5.41) is 3.41. The standard InChI is InChI=1S/C17H20BrN5O/c1-11-15(18)10-20-17(21-11)22-13-5-7-23(8-6-13)14-4-2-3-12(9-14)16(19)24/h2-4,9-10,13H,5-8H2,1H3,(H2,19,24)(H,20,21,22). The number of hydrogen-bond donors (Lipinski definition) is 2. The molecule has 0 spiro atoms. The van der Waals surface area contributed by atoms with E-state index in [0.717, 1.165) is 41.8 Å². The molecule has 2 heterocycles. The van der Waals surface area contributed by atoms with E-state index in [1.54, 1.807) is 12.3 Å². The lowest BCUT2D eigenvalue weighted by molar-refractivity contribution is 0.100. The number of benzene rings is 1. The van der Waals surface area contributed by atoms with Crippen LogP contribution in [0.5, 0.6) is 0 Å². The van der Waals surface area contributed by atoms with Crippen LogP contribution in [0.3, 0.4) is 0 Å². The number of amides is 1. The largest absolute Gasteiger partial charge is 0.371 e. The average Bonchev–Trinajstić information content (AvgIpc) is 2.59. The second kappa shape index (κ2) is 7.17. The van der Waals surface area contributed by atoms with Gasteiger partial charge >= 0.3 is 0 Å². The number of carbonyl (C=O) groups is 1. The molecule has 7 heteroatoms. The van der Waals surface area contributed by atoms with Crippen molar-refractivity contribution in [3.63, 3.8) is 0 Å². The van der Waals surface area contributed by atoms with Crippen molar-refractivity contribution < 1.29 is 4.79 Å². The van der Waals surface area contributed by atoms with E-state index in [1.165, 1.54) is 0 Å². The van der Waals surface area contributed by atoms with Crippen LogP contribution in [-0.2, 0) is 0 Å². The van der Waals surface area contributed by atoms with Crippen molar-refractivity contribution >= 4 is 33.5 Å². The Morgan fingerprint density at radius 2 is 2.12 bits per heavy atom. The summed E-state index contributed by atoms with van der Waals surface area (Å²) in [4.78, 5) is 22.3. The highest BCUT2D eigenvalue weighted by molar-refractivity contribution is 9.10. The predicted molar refractivity (Wildman–Crippen MR) is 98.3 cm³/mol. The molecule has 2 aromatic rings. The minimum Gasteiger partial charge on any atom is -0.371 e. The van der Waals surface area contributed by atoms with E-state index >= 15 is 0 Å². The first-order chi connectivity index (χ1) is 11.5. The molecule has 1 saturated heterocycles. The smallest absolute Gasteiger partial charge is 0.248 e. The fraction of sp³-hybridized carbons (Fsp3) is 0.353. The maximum atomic E-state index is 11.3. The van der Waals surface area contributed by atoms with Gasteiger partial charge in [0.15, 0.2) is 0 Å². The fourth-order valence-corrected chi connectivity index (χ4v) is 3.03. The van der Waals surface area contributed by atoms with Gasteiger partial charge in [0.1, 0.15) is 0 Å². The molecule has 126 valence electrons. The third kappa shape index (κ3) is 3.84. The highest BCUT2D eigenvalue weighted by Gasteiger charge is 2.20. The molecule has 0 atom stereocenters. The van der Waals surface area contributed by atoms with Gasteiger partial charge in [0.2, 0.25) is 11.9 Å². The van der Waals surface area contributed by atoms with Crippen molar-refractivity contribution in [1.82, 2.24) is 9.97 Å². The number of nitrogens with one attached hydrogen (secondary N) is 1. The Bertz CT molecular complexity index is 744. The van der Waals surface area contributed by atoms with Crippen molar-refractivity contribution in [3.8, 4) is 0 Å². The molecule has 0 aliphatic carbocycles. The summed E-state index contributed by atoms with van der Waals surface area (Å²) in [6.45, 7) is 3.77. The van der Waals surface area contributed by atoms with Gasteiger partial charge in [0, 0.05) is 36.6 Å². The molecule has 0 unspecified atom stereocenters. The van der Waals surface area contributed by atoms with Gasteiger partial charge in [-0.2, -0.15) is 0 Å². The van der Waals surface area contributed by atoms with E-state index < -0.39 is 5.91 Å². The highest BCUT2D eigenvalue weighted by atomic mass is 79.9. The summed E-state index contributed by atoms with van der Waals surface area (Å²) in [7, 11) is 0. The van der Waals surface area contributed by atoms with Gasteiger partial charge in [0.05, 0.1) is 10.2 Å². The molecule has 6 nitrogen and oxygen atoms in total. The van der Waals surface area contributed by atoms with E-state index in [1.807, 2.05) is 25.1 Å². The molecule has 0 saturated carbocycles. The number of carbonyl (C=O) groups excluding carboxylic acids is 1. The number of halogens is 1. The summed E-state index contributed by atoms with van der Waals surface area (Å²) in [5.41, 5.74) is 7.87. The number of nitrogens with zero attached hydrogens (tertiary/aromatic N) is 3. The van der Waals surface area contributed by atoms with E-state index in [-0.39, 0.29) is 0 Å². The summed E-state index contributed by atoms with van der Waals surface area (Å²) in [6, 6.07) is 7.84. The molecular weight excluding hydrogens is 370 g/mol. The maximum Gasteiger partial charge on any atom is 0.248 e. The zero-order chi connectivity index (χ0) is 17.1. The summed E-state index contributed by atoms with van der Waals surface area (Å²) in [5.74, 6) is 0.279. The third-order valence-electron chi connectivity index (χ3n) is 4.24. The zero-order valence-corrected chi connectivity index (χ0v) is 15.1. The molecule has 1 fully saturated rings. The van der Waals surface area contributed by atoms with E-state index in [9.17, 15) is 4.79 Å². The normalized spacial score (nSPS) is 15.3. The molecule has 1 aromatic carbocycles. The lowest BCUT2D eigenvalue weighted by Crippen LogP contribution is -2.39. The Hall–Kier alpha value is -2.15. The number of hydrogen-bond acceptors (Lipinski definition) is 5. The van der Waals surface area contributed by atoms with Gasteiger partial charge in [0.25, 0.3) is 0 Å². The number of aromatic nitrogens is 2. The van der Waals surface area contributed by atoms with E-state index in [2.05, 4.69) is 36.1 Å². The first kappa shape index (κ1) is 16.7. The number of primary amides is 1. The van der Waals surface area contributed by atoms with Gasteiger partial charge in [-0.15, -0.1) is 0 Å². The maximum absolute atomic E-state index is 11.3. The number of piperidine rings is 1. The minimum atomic E-state index is -0.392. The van der Waals surface area contributed by atoms with Crippen LogP contribution < -0.4 is 16.0 Å². The van der Waals surface area contributed by atoms with Crippen molar-refractivity contribution in [2.45, 2.75) is 25.8 Å². The number of rotatable bonds is 4. The molecule has 3 rings (SSSR count). The first-order valence-electron chi connectivity index (χ1n) is 7.93. The van der Waals surface area contributed by atoms with E-state index in [0.29, 0.717) is 17.6 Å². The molecular formula is C17H20BrN5O. The van der Waals surface area contributed by atoms with Crippen molar-refractivity contribution in [2.75, 3.05) is 23.3 Å². The zero-order valence-electron chi connectivity index (χ0n) is 13.5. The van der Waals surface area contributed by atoms with Crippen LogP contribution in [-0.4, -0.2) is 35.0 Å². The van der Waals surface area contributed by atoms with Crippen LogP contribution in [0.2, 0.25) is 0 Å². The Kier molecular flexibility index (Phi) is 4.99. The van der Waals surface area contributed by atoms with Crippen LogP contribution in [0.25, 0.3) is 0 Å². The molecule has 0 bridgehead atoms. The first-order valence-corrected chi connectivity index (χ1v) is 8.73. The van der Waals surface area contributed by atoms with Gasteiger partial charge in [-0.05, 0) is 53.9 Å². The Labute approximate surface area is 149 Å². The predicted octanol–water partition coefficient (Wildman–Crippen LogP) is 2.73. The topological polar surface area (TPSA) is 84.1 Å². The van der Waals surface area contributed by atoms with Crippen molar-refractivity contribution in [1.29, 1.82) is 0 Å². The van der Waals surface area contributed by atoms with Crippen LogP contribution in [0.15, 0.2) is 34.9 Å². The Morgan fingerprint density at radius 3 is 2.79 bits per heavy atom. The average molecular weight is 390 g/mol. The van der Waals surface area contributed by atoms with Gasteiger partial charge in [-0.3, -0.25) is 4.79 Å². The SMILES string of the molecule is Cc1nc(NC2CCN(c3cccc(C(N)=O)c3)CC2)ncc1Br. The monoisotopic (exact) mass is 389 g/mol. The third-order valence-corrected chi connectivity index (χ3v) is 5.02. The Morgan fingerprint density at radius 1 is 1.38 bits per heavy atom. The Balaban J connectivity index is 1.60. The molecule has 24 heavy (non-hydrogen) atoms. The molecule has 1 amide bonds. The summed E-state index contributed by atoms with van der Waals surface area (Å²) >= 11 is 3.41. The van der Waals surface area contributed by atoms with E-state index in [4.69, 9.17) is 5.73 Å². The van der Waals surface area contributed by atoms with Crippen molar-refractivity contribution in [2.24, 2.45) is 5.73 Å². The van der Waals surface area contributed by atoms with Crippen LogP contribution >= 0.6 is 15.9 Å². The second-order valence-electron chi connectivity index (χ2n) is 5.95. The highest BCUT2D eigenvalue weighted by Crippen LogP contribution is 2.23. The van der Waals surface area contributed by atoms with Gasteiger partial charge in [-0.1, -0.05) is 6.07 Å². The number of anilines is 2. The quantitative estimate of drug-likeness (QED) is 0.839. The van der Waals surface area contributed by atoms with Gasteiger partial charge in [-0.25, -0.2) is 9.97 Å². The summed E-state index contributed by atoms with van der Waals surface area (Å²) < 4.78 is 0.914. The molecule has 3 N–H and O–H groups in total. The van der Waals surface area contributed by atoms with Crippen LogP contribution in [0.4, 0.5) is 11.6 Å². The molecule has 1 aromatic heterocycles. The van der Waals surface area contributed by atoms with Crippen molar-refractivity contribution in [3.05, 3.63) is 46.2 Å². The second-order valence-corrected chi connectivity index (χ2v) is 6.80. The molecule has 0 radical (unpaired) electrons. The summed E-state index contributed by atoms with van der Waals surface area (Å²) in [6.07, 6.45) is 3.74. The van der Waals surface area contributed by atoms with Crippen LogP contribution in [0.1, 0.15) is 28.9 Å². The lowest BCUT2D eigenvalue weighted by atomic mass is 10.0. The molecule has 1 aliphatic rings. The minimum absolute atomic E-state index is 0.348. The van der Waals surface area contributed by atoms with Crippen LogP contribution in [0, 0.1) is 6.92 Å². The molecule has 1 aliphatic heterocycles. The number of nitrogens with two attached hydrogens (primary N) is 1.